The molecule has 9 rings (SSSR count). The molecule has 6 aromatic carbocycles. The molecule has 9 aromatic rings. The Morgan fingerprint density at radius 3 is 1.78 bits per heavy atom. The topological polar surface area (TPSA) is 64.7 Å². The molecule has 236 valence electrons. The van der Waals surface area contributed by atoms with E-state index in [9.17, 15) is 0 Å². The molecular formula is C45H30N4O. The van der Waals surface area contributed by atoms with Gasteiger partial charge in [0.2, 0.25) is 0 Å². The van der Waals surface area contributed by atoms with Crippen LogP contribution in [0.25, 0.3) is 89.6 Å². The highest BCUT2D eigenvalue weighted by atomic mass is 16.3. The average Bonchev–Trinajstić information content (AvgIpc) is 3.57. The first-order valence-electron chi connectivity index (χ1n) is 16.6. The molecule has 0 fully saturated rings. The second kappa shape index (κ2) is 12.4. The molecule has 0 spiro atoms. The van der Waals surface area contributed by atoms with Gasteiger partial charge in [0, 0.05) is 33.7 Å². The van der Waals surface area contributed by atoms with Crippen molar-refractivity contribution < 1.29 is 4.42 Å². The van der Waals surface area contributed by atoms with Gasteiger partial charge >= 0.3 is 0 Å². The number of hydrogen-bond donors (Lipinski definition) is 0. The minimum absolute atomic E-state index is 0.510. The number of aromatic nitrogens is 4. The fraction of sp³-hybridized carbons (Fsp3) is 0.0222. The van der Waals surface area contributed by atoms with Crippen LogP contribution in [0.4, 0.5) is 0 Å². The van der Waals surface area contributed by atoms with Crippen molar-refractivity contribution in [2.75, 3.05) is 0 Å². The van der Waals surface area contributed by atoms with Crippen LogP contribution in [0.2, 0.25) is 0 Å². The molecule has 0 saturated carbocycles. The van der Waals surface area contributed by atoms with Gasteiger partial charge in [-0.15, -0.1) is 0 Å². The van der Waals surface area contributed by atoms with E-state index in [-0.39, 0.29) is 0 Å². The molecule has 0 saturated heterocycles. The molecule has 3 heterocycles. The van der Waals surface area contributed by atoms with Gasteiger partial charge in [0.1, 0.15) is 16.9 Å². The van der Waals surface area contributed by atoms with Crippen LogP contribution >= 0.6 is 0 Å². The van der Waals surface area contributed by atoms with Crippen LogP contribution in [-0.2, 0) is 0 Å². The summed E-state index contributed by atoms with van der Waals surface area (Å²) in [6, 6.07) is 54.0. The van der Waals surface area contributed by atoms with Gasteiger partial charge < -0.3 is 4.42 Å². The monoisotopic (exact) mass is 642 g/mol. The standard InChI is InChI=1S/C45H30N4O/c1-29-10-8-15-34(26-29)36-23-25-39(46-28-36)45-48-43(33-13-6-3-7-14-33)47-44(49-45)35-22-24-38-41(27-35)50-40-17-9-16-37(42(38)40)32-20-18-31(19-21-32)30-11-4-2-5-12-30/h2-28H,1H3. The smallest absolute Gasteiger partial charge is 0.182 e. The number of rotatable bonds is 6. The molecule has 50 heavy (non-hydrogen) atoms. The third kappa shape index (κ3) is 5.51. The van der Waals surface area contributed by atoms with E-state index in [1.165, 1.54) is 16.7 Å². The lowest BCUT2D eigenvalue weighted by molar-refractivity contribution is 0.669. The highest BCUT2D eigenvalue weighted by Gasteiger charge is 2.17. The summed E-state index contributed by atoms with van der Waals surface area (Å²) in [7, 11) is 0. The fourth-order valence-electron chi connectivity index (χ4n) is 6.54. The predicted molar refractivity (Wildman–Crippen MR) is 202 cm³/mol. The van der Waals surface area contributed by atoms with Gasteiger partial charge in [-0.2, -0.15) is 0 Å². The van der Waals surface area contributed by atoms with E-state index in [2.05, 4.69) is 104 Å². The molecule has 0 aliphatic carbocycles. The van der Waals surface area contributed by atoms with Crippen molar-refractivity contribution >= 4 is 21.9 Å². The summed E-state index contributed by atoms with van der Waals surface area (Å²) < 4.78 is 6.48. The lowest BCUT2D eigenvalue weighted by atomic mass is 9.96. The molecule has 5 nitrogen and oxygen atoms in total. The Labute approximate surface area is 289 Å². The van der Waals surface area contributed by atoms with Gasteiger partial charge in [0.25, 0.3) is 0 Å². The van der Waals surface area contributed by atoms with E-state index in [0.29, 0.717) is 23.2 Å². The van der Waals surface area contributed by atoms with Gasteiger partial charge in [-0.05, 0) is 59.0 Å². The normalized spacial score (nSPS) is 11.3. The summed E-state index contributed by atoms with van der Waals surface area (Å²) in [5, 5.41) is 2.12. The molecule has 0 bridgehead atoms. The number of aryl methyl sites for hydroxylation is 1. The zero-order chi connectivity index (χ0) is 33.4. The Bertz CT molecular complexity index is 2630. The average molecular weight is 643 g/mol. The fourth-order valence-corrected chi connectivity index (χ4v) is 6.54. The maximum atomic E-state index is 6.48. The van der Waals surface area contributed by atoms with Crippen molar-refractivity contribution in [2.24, 2.45) is 0 Å². The van der Waals surface area contributed by atoms with Crippen LogP contribution in [-0.4, -0.2) is 19.9 Å². The number of hydrogen-bond acceptors (Lipinski definition) is 5. The molecule has 0 aliphatic rings. The minimum atomic E-state index is 0.510. The first-order valence-corrected chi connectivity index (χ1v) is 16.6. The first-order chi connectivity index (χ1) is 24.7. The molecule has 3 aromatic heterocycles. The van der Waals surface area contributed by atoms with E-state index in [1.54, 1.807) is 0 Å². The Morgan fingerprint density at radius 1 is 0.420 bits per heavy atom. The maximum absolute atomic E-state index is 6.48. The Kier molecular flexibility index (Phi) is 7.29. The first kappa shape index (κ1) is 29.4. The summed E-state index contributed by atoms with van der Waals surface area (Å²) in [4.78, 5) is 19.6. The molecule has 5 heteroatoms. The zero-order valence-electron chi connectivity index (χ0n) is 27.3. The maximum Gasteiger partial charge on any atom is 0.182 e. The summed E-state index contributed by atoms with van der Waals surface area (Å²) in [5.74, 6) is 1.65. The van der Waals surface area contributed by atoms with E-state index in [1.807, 2.05) is 66.9 Å². The van der Waals surface area contributed by atoms with Crippen LogP contribution in [0, 0.1) is 6.92 Å². The Balaban J connectivity index is 1.12. The lowest BCUT2D eigenvalue weighted by Crippen LogP contribution is -2.01. The van der Waals surface area contributed by atoms with Crippen molar-refractivity contribution in [3.8, 4) is 67.7 Å². The second-order valence-electron chi connectivity index (χ2n) is 12.4. The molecule has 0 amide bonds. The summed E-state index contributed by atoms with van der Waals surface area (Å²) in [6.45, 7) is 2.09. The van der Waals surface area contributed by atoms with E-state index in [4.69, 9.17) is 24.4 Å². The Morgan fingerprint density at radius 2 is 1.04 bits per heavy atom. The predicted octanol–water partition coefficient (Wildman–Crippen LogP) is 11.5. The zero-order valence-corrected chi connectivity index (χ0v) is 27.3. The largest absolute Gasteiger partial charge is 0.456 e. The minimum Gasteiger partial charge on any atom is -0.456 e. The number of nitrogens with zero attached hydrogens (tertiary/aromatic N) is 4. The van der Waals surface area contributed by atoms with Crippen molar-refractivity contribution in [3.05, 3.63) is 169 Å². The molecule has 0 unspecified atom stereocenters. The van der Waals surface area contributed by atoms with Gasteiger partial charge in [0.05, 0.1) is 0 Å². The van der Waals surface area contributed by atoms with Crippen molar-refractivity contribution in [2.45, 2.75) is 6.92 Å². The molecular weight excluding hydrogens is 613 g/mol. The molecule has 0 N–H and O–H groups in total. The number of benzene rings is 6. The SMILES string of the molecule is Cc1cccc(-c2ccc(-c3nc(-c4ccccc4)nc(-c4ccc5c(c4)oc4cccc(-c6ccc(-c7ccccc7)cc6)c45)n3)nc2)c1. The van der Waals surface area contributed by atoms with Crippen LogP contribution < -0.4 is 0 Å². The Hall–Kier alpha value is -6.72. The number of furan rings is 1. The van der Waals surface area contributed by atoms with E-state index < -0.39 is 0 Å². The van der Waals surface area contributed by atoms with Gasteiger partial charge in [0.15, 0.2) is 17.5 Å². The van der Waals surface area contributed by atoms with Gasteiger partial charge in [-0.25, -0.2) is 15.0 Å². The summed E-state index contributed by atoms with van der Waals surface area (Å²) in [5.41, 5.74) is 12.0. The summed E-state index contributed by atoms with van der Waals surface area (Å²) in [6.07, 6.45) is 1.88. The third-order valence-electron chi connectivity index (χ3n) is 9.07. The quantitative estimate of drug-likeness (QED) is 0.181. The van der Waals surface area contributed by atoms with Crippen LogP contribution in [0.5, 0.6) is 0 Å². The van der Waals surface area contributed by atoms with E-state index >= 15 is 0 Å². The highest BCUT2D eigenvalue weighted by Crippen LogP contribution is 2.39. The van der Waals surface area contributed by atoms with Crippen LogP contribution in [0.15, 0.2) is 168 Å². The van der Waals surface area contributed by atoms with Crippen LogP contribution in [0.3, 0.4) is 0 Å². The summed E-state index contributed by atoms with van der Waals surface area (Å²) >= 11 is 0. The number of pyridine rings is 1. The van der Waals surface area contributed by atoms with Gasteiger partial charge in [-0.3, -0.25) is 4.98 Å². The van der Waals surface area contributed by atoms with Crippen molar-refractivity contribution in [1.29, 1.82) is 0 Å². The van der Waals surface area contributed by atoms with Crippen molar-refractivity contribution in [3.63, 3.8) is 0 Å². The molecule has 0 aliphatic heterocycles. The van der Waals surface area contributed by atoms with Crippen LogP contribution in [0.1, 0.15) is 5.56 Å². The van der Waals surface area contributed by atoms with Gasteiger partial charge in [-0.1, -0.05) is 139 Å². The van der Waals surface area contributed by atoms with Crippen molar-refractivity contribution in [1.82, 2.24) is 19.9 Å². The third-order valence-corrected chi connectivity index (χ3v) is 9.07. The number of fused-ring (bicyclic) bond motifs is 3. The second-order valence-corrected chi connectivity index (χ2v) is 12.4. The van der Waals surface area contributed by atoms with E-state index in [0.717, 1.165) is 55.3 Å². The molecule has 0 atom stereocenters. The highest BCUT2D eigenvalue weighted by molar-refractivity contribution is 6.13. The molecule has 0 radical (unpaired) electrons. The lowest BCUT2D eigenvalue weighted by Gasteiger charge is -2.09.